The summed E-state index contributed by atoms with van der Waals surface area (Å²) in [7, 11) is -3.09. The van der Waals surface area contributed by atoms with Crippen molar-refractivity contribution >= 4 is 31.9 Å². The van der Waals surface area contributed by atoms with Crippen LogP contribution >= 0.6 is 11.3 Å². The molecule has 0 amide bonds. The molecule has 104 valence electrons. The molecule has 8 heteroatoms. The minimum atomic E-state index is -3.09. The van der Waals surface area contributed by atoms with Gasteiger partial charge >= 0.3 is 0 Å². The number of rotatable bonds is 6. The van der Waals surface area contributed by atoms with Crippen molar-refractivity contribution in [2.24, 2.45) is 5.73 Å². The molecule has 2 N–H and O–H groups in total. The van der Waals surface area contributed by atoms with Gasteiger partial charge in [0.15, 0.2) is 10.7 Å². The molecule has 2 heterocycles. The molecule has 19 heavy (non-hydrogen) atoms. The maximum absolute atomic E-state index is 11.9. The third-order valence-corrected chi connectivity index (χ3v) is 4.46. The molecule has 0 bridgehead atoms. The second kappa shape index (κ2) is 5.40. The minimum absolute atomic E-state index is 0.0712. The first-order valence-electron chi connectivity index (χ1n) is 5.72. The Balaban J connectivity index is 1.95. The molecule has 2 aromatic rings. The Labute approximate surface area is 115 Å². The Bertz CT molecular complexity index is 658. The van der Waals surface area contributed by atoms with Gasteiger partial charge in [0.05, 0.1) is 23.9 Å². The van der Waals surface area contributed by atoms with Crippen LogP contribution in [0.2, 0.25) is 0 Å². The van der Waals surface area contributed by atoms with E-state index in [4.69, 9.17) is 5.73 Å². The number of aromatic nitrogens is 2. The van der Waals surface area contributed by atoms with Gasteiger partial charge in [-0.15, -0.1) is 11.3 Å². The lowest BCUT2D eigenvalue weighted by Gasteiger charge is -2.08. The molecular weight excluding hydrogens is 286 g/mol. The van der Waals surface area contributed by atoms with E-state index < -0.39 is 15.9 Å². The number of imidazole rings is 1. The van der Waals surface area contributed by atoms with Crippen molar-refractivity contribution in [3.05, 3.63) is 23.5 Å². The van der Waals surface area contributed by atoms with Gasteiger partial charge < -0.3 is 5.73 Å². The lowest BCUT2D eigenvalue weighted by molar-refractivity contribution is -0.119. The van der Waals surface area contributed by atoms with Crippen molar-refractivity contribution in [1.82, 2.24) is 9.38 Å². The number of hydrogen-bond donors (Lipinski definition) is 1. The molecule has 1 atom stereocenters. The number of carbonyl (C=O) groups excluding carboxylic acids is 1. The molecule has 1 unspecified atom stereocenters. The number of nitrogens with zero attached hydrogens (tertiary/aromatic N) is 2. The predicted octanol–water partition coefficient (Wildman–Crippen LogP) is 0.269. The highest BCUT2D eigenvalue weighted by atomic mass is 32.2. The van der Waals surface area contributed by atoms with Gasteiger partial charge in [-0.2, -0.15) is 0 Å². The van der Waals surface area contributed by atoms with E-state index in [2.05, 4.69) is 4.98 Å². The van der Waals surface area contributed by atoms with Crippen LogP contribution in [0.25, 0.3) is 4.96 Å². The summed E-state index contributed by atoms with van der Waals surface area (Å²) < 4.78 is 23.9. The first-order chi connectivity index (χ1) is 8.85. The van der Waals surface area contributed by atoms with E-state index in [1.165, 1.54) is 11.3 Å². The van der Waals surface area contributed by atoms with Crippen LogP contribution in [0.3, 0.4) is 0 Å². The van der Waals surface area contributed by atoms with Crippen molar-refractivity contribution in [2.75, 3.05) is 12.0 Å². The fraction of sp³-hybridized carbons (Fsp3) is 0.455. The second-order valence-electron chi connectivity index (χ2n) is 4.49. The lowest BCUT2D eigenvalue weighted by atomic mass is 10.1. The molecule has 0 saturated carbocycles. The van der Waals surface area contributed by atoms with Crippen molar-refractivity contribution in [3.63, 3.8) is 0 Å². The molecule has 0 fully saturated rings. The maximum Gasteiger partial charge on any atom is 0.193 e. The Morgan fingerprint density at radius 1 is 1.58 bits per heavy atom. The summed E-state index contributed by atoms with van der Waals surface area (Å²) in [6, 6.07) is -0.755. The topological polar surface area (TPSA) is 94.5 Å². The zero-order valence-corrected chi connectivity index (χ0v) is 12.1. The zero-order valence-electron chi connectivity index (χ0n) is 10.4. The van der Waals surface area contributed by atoms with Crippen molar-refractivity contribution in [3.8, 4) is 0 Å². The third-order valence-electron chi connectivity index (χ3n) is 2.71. The fourth-order valence-electron chi connectivity index (χ4n) is 1.67. The monoisotopic (exact) mass is 301 g/mol. The number of nitrogens with two attached hydrogens (primary N) is 1. The van der Waals surface area contributed by atoms with Crippen LogP contribution in [0.4, 0.5) is 0 Å². The quantitative estimate of drug-likeness (QED) is 0.826. The molecule has 0 aliphatic heterocycles. The molecule has 2 rings (SSSR count). The minimum Gasteiger partial charge on any atom is -0.321 e. The number of fused-ring (bicyclic) bond motifs is 1. The van der Waals surface area contributed by atoms with Crippen molar-refractivity contribution < 1.29 is 13.2 Å². The summed E-state index contributed by atoms with van der Waals surface area (Å²) in [5, 5.41) is 1.91. The second-order valence-corrected chi connectivity index (χ2v) is 7.63. The van der Waals surface area contributed by atoms with Crippen LogP contribution < -0.4 is 5.73 Å². The van der Waals surface area contributed by atoms with Gasteiger partial charge in [0, 0.05) is 24.0 Å². The Morgan fingerprint density at radius 3 is 2.95 bits per heavy atom. The third kappa shape index (κ3) is 3.85. The summed E-state index contributed by atoms with van der Waals surface area (Å²) >= 11 is 1.49. The van der Waals surface area contributed by atoms with E-state index in [0.717, 1.165) is 11.2 Å². The molecule has 0 spiro atoms. The van der Waals surface area contributed by atoms with E-state index in [0.29, 0.717) is 5.69 Å². The van der Waals surface area contributed by atoms with Crippen LogP contribution in [0, 0.1) is 0 Å². The average molecular weight is 301 g/mol. The number of sulfone groups is 1. The van der Waals surface area contributed by atoms with Crippen LogP contribution in [0.15, 0.2) is 17.8 Å². The van der Waals surface area contributed by atoms with Crippen LogP contribution in [0.5, 0.6) is 0 Å². The maximum atomic E-state index is 11.9. The number of carbonyl (C=O) groups is 1. The zero-order chi connectivity index (χ0) is 14.0. The fourth-order valence-corrected chi connectivity index (χ4v) is 3.07. The van der Waals surface area contributed by atoms with Gasteiger partial charge in [0.25, 0.3) is 0 Å². The van der Waals surface area contributed by atoms with E-state index in [1.807, 2.05) is 16.0 Å². The summed E-state index contributed by atoms with van der Waals surface area (Å²) in [6.45, 7) is 0. The van der Waals surface area contributed by atoms with E-state index in [9.17, 15) is 13.2 Å². The van der Waals surface area contributed by atoms with Gasteiger partial charge in [-0.05, 0) is 6.42 Å². The van der Waals surface area contributed by atoms with Gasteiger partial charge in [0.2, 0.25) is 0 Å². The van der Waals surface area contributed by atoms with E-state index >= 15 is 0 Å². The number of ketones is 1. The van der Waals surface area contributed by atoms with Crippen LogP contribution in [-0.2, 0) is 21.1 Å². The molecule has 0 aromatic carbocycles. The van der Waals surface area contributed by atoms with Gasteiger partial charge in [-0.25, -0.2) is 13.4 Å². The SMILES string of the molecule is CS(=O)(=O)CCC(N)C(=O)Cc1cn2ccsc2n1. The number of thiazole rings is 1. The van der Waals surface area contributed by atoms with Gasteiger partial charge in [-0.3, -0.25) is 9.20 Å². The first kappa shape index (κ1) is 14.2. The summed E-state index contributed by atoms with van der Waals surface area (Å²) in [4.78, 5) is 17.0. The van der Waals surface area contributed by atoms with Crippen LogP contribution in [-0.4, -0.2) is 41.6 Å². The molecule has 0 radical (unpaired) electrons. The van der Waals surface area contributed by atoms with E-state index in [1.54, 1.807) is 6.20 Å². The number of Topliss-reactive ketones (excluding diaryl/α,β-unsaturated/α-hetero) is 1. The molecule has 2 aromatic heterocycles. The molecule has 6 nitrogen and oxygen atoms in total. The van der Waals surface area contributed by atoms with Gasteiger partial charge in [0.1, 0.15) is 9.84 Å². The molecular formula is C11H15N3O3S2. The Hall–Kier alpha value is -1.25. The normalized spacial score (nSPS) is 13.8. The van der Waals surface area contributed by atoms with Gasteiger partial charge in [-0.1, -0.05) is 0 Å². The van der Waals surface area contributed by atoms with Crippen LogP contribution in [0.1, 0.15) is 12.1 Å². The standard InChI is InChI=1S/C11H15N3O3S2/c1-19(16,17)5-2-9(12)10(15)6-8-7-14-3-4-18-11(14)13-8/h3-4,7,9H,2,5-6,12H2,1H3. The molecule has 0 aliphatic carbocycles. The number of hydrogen-bond acceptors (Lipinski definition) is 6. The highest BCUT2D eigenvalue weighted by Crippen LogP contribution is 2.12. The summed E-state index contributed by atoms with van der Waals surface area (Å²) in [6.07, 6.45) is 5.07. The van der Waals surface area contributed by atoms with Crippen molar-refractivity contribution in [1.29, 1.82) is 0 Å². The first-order valence-corrected chi connectivity index (χ1v) is 8.66. The largest absolute Gasteiger partial charge is 0.321 e. The predicted molar refractivity (Wildman–Crippen MR) is 74.1 cm³/mol. The van der Waals surface area contributed by atoms with E-state index in [-0.39, 0.29) is 24.4 Å². The smallest absolute Gasteiger partial charge is 0.193 e. The van der Waals surface area contributed by atoms with Crippen molar-refractivity contribution in [2.45, 2.75) is 18.9 Å². The summed E-state index contributed by atoms with van der Waals surface area (Å²) in [5.74, 6) is -0.257. The lowest BCUT2D eigenvalue weighted by Crippen LogP contribution is -2.33. The molecule has 0 aliphatic rings. The molecule has 0 saturated heterocycles. The average Bonchev–Trinajstić information content (AvgIpc) is 2.85. The Morgan fingerprint density at radius 2 is 2.32 bits per heavy atom. The highest BCUT2D eigenvalue weighted by Gasteiger charge is 2.17. The summed E-state index contributed by atoms with van der Waals surface area (Å²) in [5.41, 5.74) is 6.35. The highest BCUT2D eigenvalue weighted by molar-refractivity contribution is 7.90. The Kier molecular flexibility index (Phi) is 4.02.